The highest BCUT2D eigenvalue weighted by Crippen LogP contribution is 2.17. The highest BCUT2D eigenvalue weighted by molar-refractivity contribution is 5.91. The maximum Gasteiger partial charge on any atom is 0.304 e. The number of carboxylic acids is 1. The molecule has 0 saturated carbocycles. The summed E-state index contributed by atoms with van der Waals surface area (Å²) >= 11 is 0. The Balaban J connectivity index is 2.52. The smallest absolute Gasteiger partial charge is 0.304 e. The average Bonchev–Trinajstić information content (AvgIpc) is 2.89. The summed E-state index contributed by atoms with van der Waals surface area (Å²) in [5.74, 6) is -0.917. The third-order valence-electron chi connectivity index (χ3n) is 3.41. The molecule has 0 unspecified atom stereocenters. The largest absolute Gasteiger partial charge is 0.481 e. The maximum atomic E-state index is 12.3. The summed E-state index contributed by atoms with van der Waals surface area (Å²) in [4.78, 5) is 28.6. The minimum atomic E-state index is -0.865. The Morgan fingerprint density at radius 1 is 1.18 bits per heavy atom. The van der Waals surface area contributed by atoms with Crippen molar-refractivity contribution in [3.63, 3.8) is 0 Å². The number of nitrogens with zero attached hydrogens (tertiary/aromatic N) is 2. The van der Waals surface area contributed by atoms with Gasteiger partial charge < -0.3 is 9.52 Å². The van der Waals surface area contributed by atoms with Crippen LogP contribution in [0.2, 0.25) is 0 Å². The topological polar surface area (TPSA) is 83.6 Å². The van der Waals surface area contributed by atoms with E-state index in [9.17, 15) is 9.59 Å². The third-order valence-corrected chi connectivity index (χ3v) is 3.41. The fraction of sp³-hybridized carbons (Fsp3) is 0.688. The van der Waals surface area contributed by atoms with Crippen LogP contribution in [-0.4, -0.2) is 28.5 Å². The summed E-state index contributed by atoms with van der Waals surface area (Å²) in [5.41, 5.74) is 0.703. The first-order valence-electron chi connectivity index (χ1n) is 7.99. The molecule has 6 nitrogen and oxygen atoms in total. The van der Waals surface area contributed by atoms with E-state index in [-0.39, 0.29) is 18.3 Å². The van der Waals surface area contributed by atoms with Gasteiger partial charge in [-0.2, -0.15) is 4.98 Å². The molecule has 1 aromatic rings. The Labute approximate surface area is 131 Å². The molecule has 0 fully saturated rings. The molecule has 0 aliphatic rings. The second-order valence-corrected chi connectivity index (χ2v) is 5.48. The zero-order valence-corrected chi connectivity index (χ0v) is 13.5. The van der Waals surface area contributed by atoms with E-state index in [1.54, 1.807) is 6.92 Å². The molecule has 1 amide bonds. The third kappa shape index (κ3) is 6.74. The molecule has 0 atom stereocenters. The van der Waals surface area contributed by atoms with Crippen molar-refractivity contribution in [1.82, 2.24) is 4.98 Å². The van der Waals surface area contributed by atoms with Crippen LogP contribution in [0, 0.1) is 6.92 Å². The number of amides is 1. The Morgan fingerprint density at radius 2 is 1.91 bits per heavy atom. The Hall–Kier alpha value is -1.85. The molecule has 0 aromatic carbocycles. The van der Waals surface area contributed by atoms with Gasteiger partial charge in [0.25, 0.3) is 0 Å². The van der Waals surface area contributed by atoms with Gasteiger partial charge in [0.05, 0.1) is 5.69 Å². The van der Waals surface area contributed by atoms with Gasteiger partial charge in [0.1, 0.15) is 6.26 Å². The second kappa shape index (κ2) is 9.97. The predicted octanol–water partition coefficient (Wildman–Crippen LogP) is 3.54. The number of oxazole rings is 1. The quantitative estimate of drug-likeness (QED) is 0.632. The minimum absolute atomic E-state index is 0.0277. The number of aryl methyl sites for hydroxylation is 1. The molecule has 1 rings (SSSR count). The van der Waals surface area contributed by atoms with Crippen molar-refractivity contribution in [2.75, 3.05) is 11.4 Å². The minimum Gasteiger partial charge on any atom is -0.481 e. The van der Waals surface area contributed by atoms with Crippen molar-refractivity contribution in [2.45, 2.75) is 65.2 Å². The van der Waals surface area contributed by atoms with Crippen LogP contribution in [0.15, 0.2) is 10.7 Å². The summed E-state index contributed by atoms with van der Waals surface area (Å²) in [6, 6.07) is 0.265. The van der Waals surface area contributed by atoms with Crippen LogP contribution in [0.1, 0.15) is 64.0 Å². The molecular weight excluding hydrogens is 284 g/mol. The molecule has 0 aliphatic carbocycles. The summed E-state index contributed by atoms with van der Waals surface area (Å²) in [7, 11) is 0. The van der Waals surface area contributed by atoms with E-state index in [2.05, 4.69) is 11.9 Å². The molecule has 124 valence electrons. The van der Waals surface area contributed by atoms with Gasteiger partial charge in [0, 0.05) is 19.4 Å². The lowest BCUT2D eigenvalue weighted by molar-refractivity contribution is -0.137. The molecule has 1 heterocycles. The van der Waals surface area contributed by atoms with Crippen molar-refractivity contribution in [3.05, 3.63) is 12.0 Å². The zero-order valence-electron chi connectivity index (χ0n) is 13.5. The van der Waals surface area contributed by atoms with Gasteiger partial charge in [-0.05, 0) is 19.8 Å². The number of carbonyl (C=O) groups is 2. The van der Waals surface area contributed by atoms with Gasteiger partial charge in [-0.15, -0.1) is 0 Å². The summed E-state index contributed by atoms with van der Waals surface area (Å²) in [5, 5.41) is 8.72. The van der Waals surface area contributed by atoms with E-state index >= 15 is 0 Å². The molecule has 1 aromatic heterocycles. The Bertz CT molecular complexity index is 470. The standard InChI is InChI=1S/C16H26N2O4/c1-3-4-5-6-7-9-14(19)18(11-8-10-15(20)21)16-17-13(2)12-22-16/h12H,3-11H2,1-2H3,(H,20,21). The number of unbranched alkanes of at least 4 members (excludes halogenated alkanes) is 4. The number of carboxylic acid groups (broad SMARTS) is 1. The van der Waals surface area contributed by atoms with Crippen molar-refractivity contribution < 1.29 is 19.1 Å². The molecule has 1 N–H and O–H groups in total. The average molecular weight is 310 g/mol. The van der Waals surface area contributed by atoms with E-state index in [0.717, 1.165) is 19.3 Å². The first-order valence-corrected chi connectivity index (χ1v) is 7.99. The number of carbonyl (C=O) groups excluding carboxylic acids is 1. The first kappa shape index (κ1) is 18.2. The van der Waals surface area contributed by atoms with Crippen molar-refractivity contribution in [1.29, 1.82) is 0 Å². The number of anilines is 1. The lowest BCUT2D eigenvalue weighted by atomic mass is 10.1. The van der Waals surface area contributed by atoms with Crippen molar-refractivity contribution >= 4 is 17.9 Å². The lowest BCUT2D eigenvalue weighted by Gasteiger charge is -2.18. The molecule has 0 saturated heterocycles. The number of hydrogen-bond acceptors (Lipinski definition) is 4. The van der Waals surface area contributed by atoms with Crippen molar-refractivity contribution in [2.24, 2.45) is 0 Å². The number of aromatic nitrogens is 1. The van der Waals surface area contributed by atoms with Crippen LogP contribution in [0.5, 0.6) is 0 Å². The van der Waals surface area contributed by atoms with Gasteiger partial charge >= 0.3 is 12.0 Å². The molecular formula is C16H26N2O4. The van der Waals surface area contributed by atoms with Gasteiger partial charge in [-0.1, -0.05) is 32.6 Å². The van der Waals surface area contributed by atoms with Crippen LogP contribution in [0.4, 0.5) is 6.01 Å². The maximum absolute atomic E-state index is 12.3. The monoisotopic (exact) mass is 310 g/mol. The molecule has 0 radical (unpaired) electrons. The van der Waals surface area contributed by atoms with E-state index in [4.69, 9.17) is 9.52 Å². The van der Waals surface area contributed by atoms with Crippen LogP contribution < -0.4 is 4.90 Å². The van der Waals surface area contributed by atoms with Gasteiger partial charge in [0.15, 0.2) is 0 Å². The molecule has 0 spiro atoms. The summed E-state index contributed by atoms with van der Waals surface area (Å²) in [6.45, 7) is 4.26. The van der Waals surface area contributed by atoms with Gasteiger partial charge in [-0.25, -0.2) is 0 Å². The first-order chi connectivity index (χ1) is 10.5. The van der Waals surface area contributed by atoms with Crippen LogP contribution in [0.25, 0.3) is 0 Å². The molecule has 6 heteroatoms. The van der Waals surface area contributed by atoms with Crippen LogP contribution in [-0.2, 0) is 9.59 Å². The fourth-order valence-electron chi connectivity index (χ4n) is 2.20. The van der Waals surface area contributed by atoms with Crippen molar-refractivity contribution in [3.8, 4) is 0 Å². The zero-order chi connectivity index (χ0) is 16.4. The van der Waals surface area contributed by atoms with Gasteiger partial charge in [0.2, 0.25) is 5.91 Å². The summed E-state index contributed by atoms with van der Waals surface area (Å²) < 4.78 is 5.30. The Kier molecular flexibility index (Phi) is 8.25. The molecule has 0 aliphatic heterocycles. The fourth-order valence-corrected chi connectivity index (χ4v) is 2.20. The highest BCUT2D eigenvalue weighted by Gasteiger charge is 2.20. The number of rotatable bonds is 11. The van der Waals surface area contributed by atoms with E-state index in [0.29, 0.717) is 25.1 Å². The lowest BCUT2D eigenvalue weighted by Crippen LogP contribution is -2.32. The Morgan fingerprint density at radius 3 is 2.50 bits per heavy atom. The van der Waals surface area contributed by atoms with E-state index in [1.165, 1.54) is 24.0 Å². The van der Waals surface area contributed by atoms with Crippen LogP contribution >= 0.6 is 0 Å². The van der Waals surface area contributed by atoms with E-state index < -0.39 is 5.97 Å². The highest BCUT2D eigenvalue weighted by atomic mass is 16.4. The number of hydrogen-bond donors (Lipinski definition) is 1. The predicted molar refractivity (Wildman–Crippen MR) is 83.8 cm³/mol. The SMILES string of the molecule is CCCCCCCC(=O)N(CCCC(=O)O)c1nc(C)co1. The van der Waals surface area contributed by atoms with Crippen LogP contribution in [0.3, 0.4) is 0 Å². The number of aliphatic carboxylic acids is 1. The molecule has 22 heavy (non-hydrogen) atoms. The van der Waals surface area contributed by atoms with Gasteiger partial charge in [-0.3, -0.25) is 14.5 Å². The molecule has 0 bridgehead atoms. The summed E-state index contributed by atoms with van der Waals surface area (Å²) in [6.07, 6.45) is 7.73. The normalized spacial score (nSPS) is 10.6. The second-order valence-electron chi connectivity index (χ2n) is 5.48. The van der Waals surface area contributed by atoms with E-state index in [1.807, 2.05) is 0 Å².